The molecule has 0 aromatic rings. The highest BCUT2D eigenvalue weighted by atomic mass is 32.1. The predicted molar refractivity (Wildman–Crippen MR) is 98.0 cm³/mol. The lowest BCUT2D eigenvalue weighted by molar-refractivity contribution is -0.930. The van der Waals surface area contributed by atoms with Crippen molar-refractivity contribution in [3.8, 4) is 0 Å². The van der Waals surface area contributed by atoms with Crippen molar-refractivity contribution < 1.29 is 4.48 Å². The van der Waals surface area contributed by atoms with Crippen LogP contribution in [0.4, 0.5) is 0 Å². The zero-order chi connectivity index (χ0) is 15.2. The second-order valence-electron chi connectivity index (χ2n) is 6.99. The smallest absolute Gasteiger partial charge is 0.0876 e. The molecule has 0 aromatic heterocycles. The first-order valence-corrected chi connectivity index (χ1v) is 10.1. The summed E-state index contributed by atoms with van der Waals surface area (Å²) in [4.78, 5) is 0. The Morgan fingerprint density at radius 1 is 0.667 bits per heavy atom. The summed E-state index contributed by atoms with van der Waals surface area (Å²) in [5.74, 6) is 1.06. The fourth-order valence-electron chi connectivity index (χ4n) is 3.78. The number of thiol groups is 1. The minimum Gasteiger partial charge on any atom is -0.330 e. The number of likely N-dealkylation sites (tertiary alicyclic amines) is 1. The minimum atomic E-state index is 0.867. The maximum absolute atomic E-state index is 5.51. The van der Waals surface area contributed by atoms with Crippen LogP contribution in [0.3, 0.4) is 0 Å². The maximum atomic E-state index is 5.51. The summed E-state index contributed by atoms with van der Waals surface area (Å²) in [6.45, 7) is 6.41. The van der Waals surface area contributed by atoms with E-state index in [4.69, 9.17) is 5.73 Å². The number of unbranched alkanes of at least 4 members (excludes halogenated alkanes) is 8. The normalized spacial score (nSPS) is 18.0. The molecule has 0 aliphatic carbocycles. The Hall–Kier alpha value is 0.270. The Bertz CT molecular complexity index is 222. The summed E-state index contributed by atoms with van der Waals surface area (Å²) in [5.41, 5.74) is 5.51. The van der Waals surface area contributed by atoms with Gasteiger partial charge in [0.15, 0.2) is 0 Å². The van der Waals surface area contributed by atoms with Crippen molar-refractivity contribution >= 4 is 12.6 Å². The van der Waals surface area contributed by atoms with Crippen LogP contribution in [0.5, 0.6) is 0 Å². The molecule has 0 radical (unpaired) electrons. The van der Waals surface area contributed by atoms with Gasteiger partial charge in [0.25, 0.3) is 0 Å². The summed E-state index contributed by atoms with van der Waals surface area (Å²) < 4.78 is 1.38. The molecule has 1 saturated heterocycles. The molecule has 0 saturated carbocycles. The van der Waals surface area contributed by atoms with Crippen LogP contribution >= 0.6 is 12.6 Å². The van der Waals surface area contributed by atoms with Crippen molar-refractivity contribution in [2.75, 3.05) is 38.5 Å². The Morgan fingerprint density at radius 2 is 1.19 bits per heavy atom. The highest BCUT2D eigenvalue weighted by molar-refractivity contribution is 7.80. The second-order valence-corrected chi connectivity index (χ2v) is 7.44. The van der Waals surface area contributed by atoms with Gasteiger partial charge in [-0.1, -0.05) is 38.5 Å². The molecule has 0 bridgehead atoms. The first kappa shape index (κ1) is 19.3. The lowest BCUT2D eigenvalue weighted by Gasteiger charge is -2.41. The number of nitrogens with zero attached hydrogens (tertiary/aromatic N) is 1. The van der Waals surface area contributed by atoms with Gasteiger partial charge in [-0.2, -0.15) is 12.6 Å². The quantitative estimate of drug-likeness (QED) is 0.294. The first-order valence-electron chi connectivity index (χ1n) is 9.49. The molecule has 1 aliphatic heterocycles. The Labute approximate surface area is 138 Å². The third-order valence-electron chi connectivity index (χ3n) is 5.18. The van der Waals surface area contributed by atoms with E-state index in [0.717, 1.165) is 12.3 Å². The molecular weight excluding hydrogens is 276 g/mol. The SMILES string of the molecule is NCCCCCCCCCCC[N+]1(CCS)CCCCC1. The highest BCUT2D eigenvalue weighted by Gasteiger charge is 2.28. The molecule has 1 rings (SSSR count). The van der Waals surface area contributed by atoms with Crippen LogP contribution in [0.15, 0.2) is 0 Å². The standard InChI is InChI=1S/C18H38N2S/c19-13-9-6-4-2-1-3-5-7-10-14-20(17-18-21)15-11-8-12-16-20/h1-19H2/p+1. The summed E-state index contributed by atoms with van der Waals surface area (Å²) in [6.07, 6.45) is 16.9. The predicted octanol–water partition coefficient (Wildman–Crippen LogP) is 4.39. The third kappa shape index (κ3) is 9.10. The maximum Gasteiger partial charge on any atom is 0.0876 e. The average molecular weight is 316 g/mol. The average Bonchev–Trinajstić information content (AvgIpc) is 2.50. The number of quaternary nitrogens is 1. The molecule has 21 heavy (non-hydrogen) atoms. The Morgan fingerprint density at radius 3 is 1.71 bits per heavy atom. The molecule has 3 heteroatoms. The van der Waals surface area contributed by atoms with Crippen LogP contribution in [-0.4, -0.2) is 43.0 Å². The minimum absolute atomic E-state index is 0.867. The van der Waals surface area contributed by atoms with Gasteiger partial charge in [-0.25, -0.2) is 0 Å². The van der Waals surface area contributed by atoms with Gasteiger partial charge >= 0.3 is 0 Å². The third-order valence-corrected chi connectivity index (χ3v) is 5.38. The monoisotopic (exact) mass is 315 g/mol. The lowest BCUT2D eigenvalue weighted by atomic mass is 10.0. The Kier molecular flexibility index (Phi) is 11.8. The van der Waals surface area contributed by atoms with E-state index in [0.29, 0.717) is 0 Å². The zero-order valence-electron chi connectivity index (χ0n) is 14.2. The van der Waals surface area contributed by atoms with Crippen molar-refractivity contribution in [3.05, 3.63) is 0 Å². The van der Waals surface area contributed by atoms with Crippen molar-refractivity contribution in [2.45, 2.75) is 77.0 Å². The van der Waals surface area contributed by atoms with Crippen molar-refractivity contribution in [3.63, 3.8) is 0 Å². The van der Waals surface area contributed by atoms with Gasteiger partial charge in [-0.3, -0.25) is 0 Å². The molecule has 0 atom stereocenters. The molecule has 1 fully saturated rings. The number of hydrogen-bond acceptors (Lipinski definition) is 2. The van der Waals surface area contributed by atoms with E-state index in [9.17, 15) is 0 Å². The first-order chi connectivity index (χ1) is 10.3. The fourth-order valence-corrected chi connectivity index (χ4v) is 4.21. The summed E-state index contributed by atoms with van der Waals surface area (Å²) in [7, 11) is 0. The summed E-state index contributed by atoms with van der Waals surface area (Å²) >= 11 is 4.49. The highest BCUT2D eigenvalue weighted by Crippen LogP contribution is 2.21. The van der Waals surface area contributed by atoms with Crippen LogP contribution < -0.4 is 5.73 Å². The number of hydrogen-bond donors (Lipinski definition) is 2. The Balaban J connectivity index is 1.96. The molecule has 0 aromatic carbocycles. The fraction of sp³-hybridized carbons (Fsp3) is 1.00. The van der Waals surface area contributed by atoms with Crippen LogP contribution in [0.1, 0.15) is 77.0 Å². The van der Waals surface area contributed by atoms with Gasteiger partial charge in [0.1, 0.15) is 0 Å². The van der Waals surface area contributed by atoms with Crippen LogP contribution in [0.2, 0.25) is 0 Å². The molecule has 2 N–H and O–H groups in total. The zero-order valence-corrected chi connectivity index (χ0v) is 15.1. The molecule has 1 aliphatic rings. The van der Waals surface area contributed by atoms with E-state index in [1.165, 1.54) is 108 Å². The van der Waals surface area contributed by atoms with Gasteiger partial charge in [-0.05, 0) is 45.1 Å². The molecule has 1 heterocycles. The lowest BCUT2D eigenvalue weighted by Crippen LogP contribution is -2.53. The van der Waals surface area contributed by atoms with Crippen LogP contribution in [0, 0.1) is 0 Å². The van der Waals surface area contributed by atoms with Crippen molar-refractivity contribution in [1.29, 1.82) is 0 Å². The van der Waals surface area contributed by atoms with Gasteiger partial charge in [0.2, 0.25) is 0 Å². The van der Waals surface area contributed by atoms with Crippen molar-refractivity contribution in [2.24, 2.45) is 5.73 Å². The molecule has 0 amide bonds. The van der Waals surface area contributed by atoms with Crippen LogP contribution in [0.25, 0.3) is 0 Å². The van der Waals surface area contributed by atoms with E-state index < -0.39 is 0 Å². The molecule has 0 unspecified atom stereocenters. The van der Waals surface area contributed by atoms with E-state index in [-0.39, 0.29) is 0 Å². The topological polar surface area (TPSA) is 26.0 Å². The molecule has 0 spiro atoms. The van der Waals surface area contributed by atoms with Crippen molar-refractivity contribution in [1.82, 2.24) is 0 Å². The number of rotatable bonds is 13. The van der Waals surface area contributed by atoms with Gasteiger partial charge in [0, 0.05) is 5.75 Å². The van der Waals surface area contributed by atoms with Gasteiger partial charge in [-0.15, -0.1) is 0 Å². The van der Waals surface area contributed by atoms with E-state index in [1.54, 1.807) is 0 Å². The molecule has 2 nitrogen and oxygen atoms in total. The van der Waals surface area contributed by atoms with Gasteiger partial charge in [0.05, 0.1) is 26.2 Å². The number of nitrogens with two attached hydrogens (primary N) is 1. The number of piperidine rings is 1. The van der Waals surface area contributed by atoms with E-state index in [1.807, 2.05) is 0 Å². The summed E-state index contributed by atoms with van der Waals surface area (Å²) in [5, 5.41) is 0. The molecule has 126 valence electrons. The van der Waals surface area contributed by atoms with Crippen LogP contribution in [-0.2, 0) is 0 Å². The van der Waals surface area contributed by atoms with Gasteiger partial charge < -0.3 is 10.2 Å². The van der Waals surface area contributed by atoms with E-state index >= 15 is 0 Å². The molecular formula is C18H39N2S+. The largest absolute Gasteiger partial charge is 0.330 e. The second kappa shape index (κ2) is 12.8. The summed E-state index contributed by atoms with van der Waals surface area (Å²) in [6, 6.07) is 0. The van der Waals surface area contributed by atoms with E-state index in [2.05, 4.69) is 12.6 Å².